The fraction of sp³-hybridized carbons (Fsp3) is 0.345. The highest BCUT2D eigenvalue weighted by molar-refractivity contribution is 7.89. The molecule has 2 amide bonds. The highest BCUT2D eigenvalue weighted by atomic mass is 32.2. The first kappa shape index (κ1) is 57.1. The summed E-state index contributed by atoms with van der Waals surface area (Å²) in [7, 11) is -7.36. The second kappa shape index (κ2) is 23.6. The van der Waals surface area contributed by atoms with Crippen LogP contribution in [0.2, 0.25) is 0 Å². The number of nitrogens with zero attached hydrogens (tertiary/aromatic N) is 8. The van der Waals surface area contributed by atoms with Gasteiger partial charge in [0.1, 0.15) is 0 Å². The molecule has 8 aromatic rings. The molecule has 0 atom stereocenters. The molecule has 4 aromatic carbocycles. The molecule has 0 unspecified atom stereocenters. The van der Waals surface area contributed by atoms with E-state index in [0.29, 0.717) is 36.8 Å². The molecule has 2 fully saturated rings. The summed E-state index contributed by atoms with van der Waals surface area (Å²) in [5.41, 5.74) is 18.3. The van der Waals surface area contributed by atoms with E-state index >= 15 is 0 Å². The zero-order chi connectivity index (χ0) is 57.0. The Morgan fingerprint density at radius 2 is 0.887 bits per heavy atom. The van der Waals surface area contributed by atoms with Crippen molar-refractivity contribution in [2.75, 3.05) is 49.9 Å². The number of rotatable bonds is 16. The lowest BCUT2D eigenvalue weighted by molar-refractivity contribution is -0.120. The maximum atomic E-state index is 12.9. The molecule has 4 aromatic heterocycles. The number of hydrogen-bond acceptors (Lipinski definition) is 14. The number of benzene rings is 4. The summed E-state index contributed by atoms with van der Waals surface area (Å²) in [6.07, 6.45) is 7.43. The summed E-state index contributed by atoms with van der Waals surface area (Å²) in [5.74, 6) is 1.19. The van der Waals surface area contributed by atoms with Gasteiger partial charge in [0.15, 0.2) is 0 Å². The summed E-state index contributed by atoms with van der Waals surface area (Å²) in [5, 5.41) is 15.9. The molecule has 2 aliphatic rings. The van der Waals surface area contributed by atoms with Crippen LogP contribution in [-0.4, -0.2) is 118 Å². The van der Waals surface area contributed by atoms with Crippen LogP contribution in [-0.2, 0) is 29.6 Å². The van der Waals surface area contributed by atoms with E-state index in [1.807, 2.05) is 102 Å². The van der Waals surface area contributed by atoms with Gasteiger partial charge in [-0.3, -0.25) is 19.4 Å². The summed E-state index contributed by atoms with van der Waals surface area (Å²) in [6, 6.07) is 37.8. The third-order valence-electron chi connectivity index (χ3n) is 13.8. The standard InChI is InChI=1S/2C29H35N7O3S/c2*1-29(2,3)34-40(38,39)25-6-4-5-22(17-25)26-12-11-24-18-31-28(33-36(24)26)32-23-9-7-20(8-10-23)21-13-15-35(16-14-21)19-27(30)37/h2*4-12,17-18,21,34H,13-16,19H2,1-3H3,(H2,30,37)(H,32,33). The first-order valence-electron chi connectivity index (χ1n) is 26.7. The summed E-state index contributed by atoms with van der Waals surface area (Å²) in [6.45, 7) is 15.0. The average molecular weight is 1120 g/mol. The van der Waals surface area contributed by atoms with E-state index in [-0.39, 0.29) is 21.6 Å². The van der Waals surface area contributed by atoms with Crippen molar-refractivity contribution in [3.63, 3.8) is 0 Å². The highest BCUT2D eigenvalue weighted by Gasteiger charge is 2.26. The van der Waals surface area contributed by atoms with E-state index in [9.17, 15) is 26.4 Å². The molecule has 6 heterocycles. The number of aromatic nitrogens is 6. The Kier molecular flexibility index (Phi) is 16.9. The topological polar surface area (TPSA) is 269 Å². The molecule has 10 rings (SSSR count). The zero-order valence-electron chi connectivity index (χ0n) is 45.9. The Labute approximate surface area is 467 Å². The number of nitrogens with two attached hydrogens (primary N) is 2. The zero-order valence-corrected chi connectivity index (χ0v) is 47.6. The molecule has 80 heavy (non-hydrogen) atoms. The molecule has 0 aliphatic carbocycles. The van der Waals surface area contributed by atoms with Crippen LogP contribution in [0.3, 0.4) is 0 Å². The molecular weight excluding hydrogens is 1050 g/mol. The molecule has 0 spiro atoms. The van der Waals surface area contributed by atoms with Crippen molar-refractivity contribution in [2.24, 2.45) is 11.5 Å². The third-order valence-corrected chi connectivity index (χ3v) is 17.3. The van der Waals surface area contributed by atoms with Crippen LogP contribution in [0.25, 0.3) is 33.5 Å². The Bertz CT molecular complexity index is 3480. The van der Waals surface area contributed by atoms with Crippen molar-refractivity contribution in [3.05, 3.63) is 145 Å². The SMILES string of the molecule is CC(C)(C)NS(=O)(=O)c1cccc(-c2ccc3cnc(Nc4ccc(C5CCN(CC(N)=O)CC5)cc4)nn23)c1.CC(C)(C)NS(=O)(=O)c1cccc(-c2ccc3cnc(Nc4ccc(C5CCN(CC(N)=O)CC5)cc4)nn23)c1. The van der Waals surface area contributed by atoms with Gasteiger partial charge in [-0.05, 0) is 189 Å². The fourth-order valence-corrected chi connectivity index (χ4v) is 13.1. The lowest BCUT2D eigenvalue weighted by atomic mass is 9.89. The maximum absolute atomic E-state index is 12.9. The van der Waals surface area contributed by atoms with Gasteiger partial charge in [0.05, 0.1) is 57.7 Å². The van der Waals surface area contributed by atoms with Crippen molar-refractivity contribution < 1.29 is 26.4 Å². The maximum Gasteiger partial charge on any atom is 0.245 e. The van der Waals surface area contributed by atoms with Gasteiger partial charge in [0.2, 0.25) is 43.8 Å². The average Bonchev–Trinajstić information content (AvgIpc) is 4.11. The first-order valence-corrected chi connectivity index (χ1v) is 29.6. The van der Waals surface area contributed by atoms with Crippen molar-refractivity contribution >= 4 is 66.2 Å². The number of amides is 2. The number of piperidine rings is 2. The fourth-order valence-electron chi connectivity index (χ4n) is 10.1. The molecule has 0 radical (unpaired) electrons. The van der Waals surface area contributed by atoms with E-state index in [1.165, 1.54) is 11.1 Å². The molecular formula is C58H70N14O6S2. The van der Waals surface area contributed by atoms with Crippen molar-refractivity contribution in [1.29, 1.82) is 0 Å². The van der Waals surface area contributed by atoms with E-state index in [4.69, 9.17) is 11.5 Å². The summed E-state index contributed by atoms with van der Waals surface area (Å²) < 4.78 is 60.5. The molecule has 420 valence electrons. The van der Waals surface area contributed by atoms with Gasteiger partial charge in [-0.15, -0.1) is 10.2 Å². The van der Waals surface area contributed by atoms with E-state index < -0.39 is 31.1 Å². The van der Waals surface area contributed by atoms with Gasteiger partial charge in [-0.2, -0.15) is 0 Å². The van der Waals surface area contributed by atoms with Gasteiger partial charge < -0.3 is 22.1 Å². The number of fused-ring (bicyclic) bond motifs is 2. The van der Waals surface area contributed by atoms with Crippen LogP contribution in [0.15, 0.2) is 144 Å². The monoisotopic (exact) mass is 1120 g/mol. The molecule has 22 heteroatoms. The number of primary amides is 2. The third kappa shape index (κ3) is 14.6. The van der Waals surface area contributed by atoms with Crippen LogP contribution >= 0.6 is 0 Å². The minimum Gasteiger partial charge on any atom is -0.369 e. The number of anilines is 4. The molecule has 2 saturated heterocycles. The van der Waals surface area contributed by atoms with E-state index in [2.05, 4.69) is 74.3 Å². The smallest absolute Gasteiger partial charge is 0.245 e. The second-order valence-electron chi connectivity index (χ2n) is 22.6. The number of hydrogen-bond donors (Lipinski definition) is 6. The lowest BCUT2D eigenvalue weighted by Gasteiger charge is -2.31. The quantitative estimate of drug-likeness (QED) is 0.0540. The number of likely N-dealkylation sites (tertiary alicyclic amines) is 2. The van der Waals surface area contributed by atoms with Crippen LogP contribution in [0.5, 0.6) is 0 Å². The number of nitrogens with one attached hydrogen (secondary N) is 4. The number of carbonyl (C=O) groups is 2. The van der Waals surface area contributed by atoms with Crippen molar-refractivity contribution in [3.8, 4) is 22.5 Å². The Balaban J connectivity index is 0.000000194. The minimum absolute atomic E-state index is 0.195. The predicted octanol–water partition coefficient (Wildman–Crippen LogP) is 7.76. The molecule has 0 saturated carbocycles. The van der Waals surface area contributed by atoms with Crippen LogP contribution in [0, 0.1) is 0 Å². The highest BCUT2D eigenvalue weighted by Crippen LogP contribution is 2.32. The Morgan fingerprint density at radius 1 is 0.525 bits per heavy atom. The Hall–Kier alpha value is -7.60. The van der Waals surface area contributed by atoms with Gasteiger partial charge in [0.25, 0.3) is 0 Å². The van der Waals surface area contributed by atoms with Gasteiger partial charge in [-0.25, -0.2) is 45.3 Å². The molecule has 2 aliphatic heterocycles. The number of sulfonamides is 2. The van der Waals surface area contributed by atoms with Crippen LogP contribution in [0.1, 0.15) is 90.2 Å². The van der Waals surface area contributed by atoms with Crippen LogP contribution in [0.4, 0.5) is 23.3 Å². The van der Waals surface area contributed by atoms with E-state index in [0.717, 1.165) is 96.8 Å². The number of carbonyl (C=O) groups excluding carboxylic acids is 2. The van der Waals surface area contributed by atoms with Crippen LogP contribution < -0.4 is 31.5 Å². The van der Waals surface area contributed by atoms with Crippen molar-refractivity contribution in [2.45, 2.75) is 99.9 Å². The predicted molar refractivity (Wildman–Crippen MR) is 312 cm³/mol. The summed E-state index contributed by atoms with van der Waals surface area (Å²) in [4.78, 5) is 35.9. The normalized spacial score (nSPS) is 15.4. The first-order chi connectivity index (χ1) is 37.9. The van der Waals surface area contributed by atoms with Gasteiger partial charge in [-0.1, -0.05) is 48.5 Å². The van der Waals surface area contributed by atoms with Gasteiger partial charge >= 0.3 is 0 Å². The minimum atomic E-state index is -3.68. The Morgan fingerprint density at radius 3 is 1.23 bits per heavy atom. The lowest BCUT2D eigenvalue weighted by Crippen LogP contribution is -2.40. The molecule has 20 nitrogen and oxygen atoms in total. The molecule has 0 bridgehead atoms. The van der Waals surface area contributed by atoms with Crippen molar-refractivity contribution in [1.82, 2.24) is 48.4 Å². The summed E-state index contributed by atoms with van der Waals surface area (Å²) >= 11 is 0. The second-order valence-corrected chi connectivity index (χ2v) is 25.9. The van der Waals surface area contributed by atoms with Gasteiger partial charge in [0, 0.05) is 33.6 Å². The molecule has 8 N–H and O–H groups in total. The largest absolute Gasteiger partial charge is 0.369 e. The van der Waals surface area contributed by atoms with E-state index in [1.54, 1.807) is 57.8 Å².